The molecule has 0 fully saturated rings. The van der Waals surface area contributed by atoms with Crippen LogP contribution in [0.15, 0.2) is 22.7 Å². The third kappa shape index (κ3) is 5.15. The molecular formula is C13H20BrFN2. The molecule has 1 rings (SSSR count). The Hall–Kier alpha value is -0.450. The van der Waals surface area contributed by atoms with E-state index < -0.39 is 0 Å². The van der Waals surface area contributed by atoms with Gasteiger partial charge in [-0.3, -0.25) is 11.3 Å². The van der Waals surface area contributed by atoms with Crippen LogP contribution in [0.2, 0.25) is 0 Å². The van der Waals surface area contributed by atoms with Gasteiger partial charge in [0.1, 0.15) is 5.82 Å². The van der Waals surface area contributed by atoms with Gasteiger partial charge in [0.2, 0.25) is 0 Å². The van der Waals surface area contributed by atoms with Crippen LogP contribution < -0.4 is 11.3 Å². The van der Waals surface area contributed by atoms with Crippen molar-refractivity contribution in [2.45, 2.75) is 39.2 Å². The average Bonchev–Trinajstić information content (AvgIpc) is 2.28. The molecule has 4 heteroatoms. The summed E-state index contributed by atoms with van der Waals surface area (Å²) in [4.78, 5) is 0. The first-order valence-corrected chi connectivity index (χ1v) is 6.72. The highest BCUT2D eigenvalue weighted by Gasteiger charge is 2.11. The Balaban J connectivity index is 2.63. The SMILES string of the molecule is CC(C)CCC(Cc1cc(F)ccc1Br)NN. The highest BCUT2D eigenvalue weighted by molar-refractivity contribution is 9.10. The normalized spacial score (nSPS) is 13.1. The van der Waals surface area contributed by atoms with E-state index >= 15 is 0 Å². The fraction of sp³-hybridized carbons (Fsp3) is 0.538. The van der Waals surface area contributed by atoms with E-state index in [2.05, 4.69) is 35.2 Å². The van der Waals surface area contributed by atoms with Crippen LogP contribution in [0.1, 0.15) is 32.3 Å². The van der Waals surface area contributed by atoms with E-state index in [4.69, 9.17) is 5.84 Å². The second kappa shape index (κ2) is 7.09. The lowest BCUT2D eigenvalue weighted by Gasteiger charge is -2.17. The summed E-state index contributed by atoms with van der Waals surface area (Å²) in [5, 5.41) is 0. The average molecular weight is 303 g/mol. The largest absolute Gasteiger partial charge is 0.271 e. The van der Waals surface area contributed by atoms with Crippen molar-refractivity contribution in [2.75, 3.05) is 0 Å². The Labute approximate surface area is 111 Å². The molecule has 0 radical (unpaired) electrons. The molecule has 0 aliphatic rings. The molecule has 0 aliphatic heterocycles. The summed E-state index contributed by atoms with van der Waals surface area (Å²) in [6.45, 7) is 4.37. The predicted molar refractivity (Wildman–Crippen MR) is 73.0 cm³/mol. The maximum atomic E-state index is 13.1. The highest BCUT2D eigenvalue weighted by Crippen LogP contribution is 2.20. The Morgan fingerprint density at radius 1 is 1.35 bits per heavy atom. The Morgan fingerprint density at radius 3 is 2.65 bits per heavy atom. The number of benzene rings is 1. The molecule has 1 unspecified atom stereocenters. The van der Waals surface area contributed by atoms with Gasteiger partial charge in [0.15, 0.2) is 0 Å². The molecule has 0 heterocycles. The van der Waals surface area contributed by atoms with Crippen LogP contribution in [0.5, 0.6) is 0 Å². The molecule has 1 aromatic rings. The smallest absolute Gasteiger partial charge is 0.123 e. The summed E-state index contributed by atoms with van der Waals surface area (Å²) >= 11 is 3.43. The van der Waals surface area contributed by atoms with Gasteiger partial charge in [-0.15, -0.1) is 0 Å². The van der Waals surface area contributed by atoms with Crippen LogP contribution in [0, 0.1) is 11.7 Å². The van der Waals surface area contributed by atoms with E-state index in [1.807, 2.05) is 0 Å². The van der Waals surface area contributed by atoms with Gasteiger partial charge in [-0.05, 0) is 48.9 Å². The van der Waals surface area contributed by atoms with Gasteiger partial charge in [-0.1, -0.05) is 29.8 Å². The minimum absolute atomic E-state index is 0.190. The van der Waals surface area contributed by atoms with Crippen molar-refractivity contribution in [3.05, 3.63) is 34.1 Å². The number of hydrogen-bond donors (Lipinski definition) is 2. The van der Waals surface area contributed by atoms with E-state index in [0.717, 1.165) is 29.3 Å². The Bertz CT molecular complexity index is 355. The zero-order valence-electron chi connectivity index (χ0n) is 10.3. The molecule has 3 N–H and O–H groups in total. The summed E-state index contributed by atoms with van der Waals surface area (Å²) < 4.78 is 14.1. The zero-order chi connectivity index (χ0) is 12.8. The molecule has 0 aromatic heterocycles. The first-order valence-electron chi connectivity index (χ1n) is 5.93. The maximum Gasteiger partial charge on any atom is 0.123 e. The molecule has 2 nitrogen and oxygen atoms in total. The molecule has 0 saturated carbocycles. The summed E-state index contributed by atoms with van der Waals surface area (Å²) in [7, 11) is 0. The number of hydrogen-bond acceptors (Lipinski definition) is 2. The predicted octanol–water partition coefficient (Wildman–Crippen LogP) is 3.40. The molecular weight excluding hydrogens is 283 g/mol. The second-order valence-electron chi connectivity index (χ2n) is 4.77. The third-order valence-electron chi connectivity index (χ3n) is 2.80. The van der Waals surface area contributed by atoms with Crippen molar-refractivity contribution in [1.82, 2.24) is 5.43 Å². The van der Waals surface area contributed by atoms with Gasteiger partial charge in [-0.25, -0.2) is 4.39 Å². The van der Waals surface area contributed by atoms with Crippen molar-refractivity contribution in [1.29, 1.82) is 0 Å². The summed E-state index contributed by atoms with van der Waals surface area (Å²) in [6, 6.07) is 4.94. The first-order chi connectivity index (χ1) is 8.02. The van der Waals surface area contributed by atoms with Crippen molar-refractivity contribution in [2.24, 2.45) is 11.8 Å². The molecule has 0 bridgehead atoms. The molecule has 1 aromatic carbocycles. The lowest BCUT2D eigenvalue weighted by molar-refractivity contribution is 0.433. The molecule has 0 aliphatic carbocycles. The van der Waals surface area contributed by atoms with Crippen molar-refractivity contribution in [3.8, 4) is 0 Å². The molecule has 0 amide bonds. The standard InChI is InChI=1S/C13H20BrFN2/c1-9(2)3-5-12(17-16)8-10-7-11(15)4-6-13(10)14/h4,6-7,9,12,17H,3,5,8,16H2,1-2H3. The second-order valence-corrected chi connectivity index (χ2v) is 5.63. The number of halogens is 2. The van der Waals surface area contributed by atoms with Crippen molar-refractivity contribution >= 4 is 15.9 Å². The molecule has 1 atom stereocenters. The zero-order valence-corrected chi connectivity index (χ0v) is 11.9. The van der Waals surface area contributed by atoms with Crippen LogP contribution in [0.25, 0.3) is 0 Å². The number of nitrogens with one attached hydrogen (secondary N) is 1. The third-order valence-corrected chi connectivity index (χ3v) is 3.58. The van der Waals surface area contributed by atoms with Crippen LogP contribution in [0.3, 0.4) is 0 Å². The van der Waals surface area contributed by atoms with Crippen LogP contribution >= 0.6 is 15.9 Å². The van der Waals surface area contributed by atoms with Crippen molar-refractivity contribution in [3.63, 3.8) is 0 Å². The minimum Gasteiger partial charge on any atom is -0.271 e. The minimum atomic E-state index is -0.206. The van der Waals surface area contributed by atoms with Gasteiger partial charge in [-0.2, -0.15) is 0 Å². The number of rotatable bonds is 6. The van der Waals surface area contributed by atoms with Gasteiger partial charge in [0.05, 0.1) is 0 Å². The maximum absolute atomic E-state index is 13.1. The number of hydrazine groups is 1. The molecule has 0 saturated heterocycles. The lowest BCUT2D eigenvalue weighted by atomic mass is 9.98. The monoisotopic (exact) mass is 302 g/mol. The quantitative estimate of drug-likeness (QED) is 0.624. The molecule has 17 heavy (non-hydrogen) atoms. The van der Waals surface area contributed by atoms with E-state index in [-0.39, 0.29) is 11.9 Å². The van der Waals surface area contributed by atoms with E-state index in [1.165, 1.54) is 6.07 Å². The fourth-order valence-electron chi connectivity index (χ4n) is 1.74. The fourth-order valence-corrected chi connectivity index (χ4v) is 2.15. The summed E-state index contributed by atoms with van der Waals surface area (Å²) in [5.74, 6) is 5.98. The van der Waals surface area contributed by atoms with Gasteiger partial charge < -0.3 is 0 Å². The van der Waals surface area contributed by atoms with Crippen LogP contribution in [0.4, 0.5) is 4.39 Å². The Kier molecular flexibility index (Phi) is 6.09. The van der Waals surface area contributed by atoms with E-state index in [0.29, 0.717) is 5.92 Å². The topological polar surface area (TPSA) is 38.0 Å². The number of nitrogens with two attached hydrogens (primary N) is 1. The summed E-state index contributed by atoms with van der Waals surface area (Å²) in [5.41, 5.74) is 3.76. The molecule has 0 spiro atoms. The Morgan fingerprint density at radius 2 is 2.06 bits per heavy atom. The van der Waals surface area contributed by atoms with Crippen LogP contribution in [-0.2, 0) is 6.42 Å². The molecule has 96 valence electrons. The van der Waals surface area contributed by atoms with E-state index in [9.17, 15) is 4.39 Å². The van der Waals surface area contributed by atoms with Crippen molar-refractivity contribution < 1.29 is 4.39 Å². The highest BCUT2D eigenvalue weighted by atomic mass is 79.9. The first kappa shape index (κ1) is 14.6. The van der Waals surface area contributed by atoms with Gasteiger partial charge >= 0.3 is 0 Å². The van der Waals surface area contributed by atoms with Crippen LogP contribution in [-0.4, -0.2) is 6.04 Å². The van der Waals surface area contributed by atoms with E-state index in [1.54, 1.807) is 12.1 Å². The summed E-state index contributed by atoms with van der Waals surface area (Å²) in [6.07, 6.45) is 2.85. The lowest BCUT2D eigenvalue weighted by Crippen LogP contribution is -2.37. The van der Waals surface area contributed by atoms with Gasteiger partial charge in [0.25, 0.3) is 0 Å². The van der Waals surface area contributed by atoms with Gasteiger partial charge in [0, 0.05) is 10.5 Å².